The Balaban J connectivity index is 1.48. The predicted molar refractivity (Wildman–Crippen MR) is 114 cm³/mol. The number of hydrogen-bond donors (Lipinski definition) is 1. The number of H-pyrrole nitrogens is 1. The Labute approximate surface area is 182 Å². The number of halogens is 3. The van der Waals surface area contributed by atoms with E-state index in [-0.39, 0.29) is 17.5 Å². The number of hydrogen-bond acceptors (Lipinski definition) is 3. The maximum absolute atomic E-state index is 13.7. The average molecular weight is 441 g/mol. The molecular formula is C23H22F3N5O. The summed E-state index contributed by atoms with van der Waals surface area (Å²) < 4.78 is 41.9. The molecule has 0 bridgehead atoms. The number of alkyl halides is 3. The van der Waals surface area contributed by atoms with E-state index in [2.05, 4.69) is 15.1 Å². The molecule has 0 radical (unpaired) electrons. The number of rotatable bonds is 2. The summed E-state index contributed by atoms with van der Waals surface area (Å²) in [6, 6.07) is 10.3. The molecule has 3 aromatic heterocycles. The van der Waals surface area contributed by atoms with E-state index >= 15 is 0 Å². The molecule has 5 rings (SSSR count). The summed E-state index contributed by atoms with van der Waals surface area (Å²) in [5.41, 5.74) is 2.42. The highest BCUT2D eigenvalue weighted by Crippen LogP contribution is 2.34. The second-order valence-corrected chi connectivity index (χ2v) is 8.38. The molecule has 6 nitrogen and oxygen atoms in total. The number of aromatic nitrogens is 4. The van der Waals surface area contributed by atoms with Crippen molar-refractivity contribution in [2.24, 2.45) is 0 Å². The van der Waals surface area contributed by atoms with Gasteiger partial charge in [0.25, 0.3) is 5.91 Å². The van der Waals surface area contributed by atoms with E-state index in [1.165, 1.54) is 0 Å². The molecule has 1 aliphatic heterocycles. The van der Waals surface area contributed by atoms with E-state index < -0.39 is 11.9 Å². The van der Waals surface area contributed by atoms with Gasteiger partial charge in [0.1, 0.15) is 11.4 Å². The zero-order chi connectivity index (χ0) is 22.6. The van der Waals surface area contributed by atoms with Crippen molar-refractivity contribution >= 4 is 22.5 Å². The van der Waals surface area contributed by atoms with Crippen LogP contribution in [0.1, 0.15) is 51.9 Å². The van der Waals surface area contributed by atoms with Crippen molar-refractivity contribution in [2.45, 2.75) is 38.8 Å². The fourth-order valence-electron chi connectivity index (χ4n) is 4.58. The minimum Gasteiger partial charge on any atom is -0.350 e. The van der Waals surface area contributed by atoms with Crippen molar-refractivity contribution in [1.29, 1.82) is 0 Å². The largest absolute Gasteiger partial charge is 0.433 e. The van der Waals surface area contributed by atoms with Crippen LogP contribution in [0.4, 0.5) is 13.2 Å². The number of para-hydroxylation sites is 1. The van der Waals surface area contributed by atoms with Crippen LogP contribution in [0.5, 0.6) is 0 Å². The van der Waals surface area contributed by atoms with Gasteiger partial charge in [0, 0.05) is 41.7 Å². The van der Waals surface area contributed by atoms with Crippen LogP contribution in [-0.2, 0) is 6.18 Å². The molecule has 0 spiro atoms. The van der Waals surface area contributed by atoms with Crippen LogP contribution in [0.3, 0.4) is 0 Å². The van der Waals surface area contributed by atoms with Gasteiger partial charge in [-0.3, -0.25) is 4.79 Å². The van der Waals surface area contributed by atoms with E-state index in [0.29, 0.717) is 43.0 Å². The third kappa shape index (κ3) is 3.41. The molecule has 1 aliphatic rings. The maximum atomic E-state index is 13.7. The normalized spacial score (nSPS) is 17.4. The van der Waals surface area contributed by atoms with Gasteiger partial charge in [-0.1, -0.05) is 18.2 Å². The first-order valence-electron chi connectivity index (χ1n) is 10.5. The molecule has 0 aliphatic carbocycles. The molecule has 0 saturated carbocycles. The lowest BCUT2D eigenvalue weighted by molar-refractivity contribution is -0.142. The Kier molecular flexibility index (Phi) is 4.72. The Morgan fingerprint density at radius 2 is 1.97 bits per heavy atom. The summed E-state index contributed by atoms with van der Waals surface area (Å²) in [4.78, 5) is 22.7. The fourth-order valence-corrected chi connectivity index (χ4v) is 4.58. The Morgan fingerprint density at radius 3 is 2.72 bits per heavy atom. The standard InChI is InChI=1S/C23H22F3N5O/c1-13-10-20-27-18(11-19(23(24,25)26)31(20)29-13)15-6-5-9-30(12-15)22(32)21-14(2)16-7-3-4-8-17(16)28-21/h3-4,7-8,10-11,15,28H,5-6,9,12H2,1-2H3/t15-/m1/s1. The number of piperidine rings is 1. The lowest BCUT2D eigenvalue weighted by Gasteiger charge is -2.32. The molecule has 32 heavy (non-hydrogen) atoms. The Morgan fingerprint density at radius 1 is 1.19 bits per heavy atom. The van der Waals surface area contributed by atoms with Gasteiger partial charge in [0.05, 0.1) is 5.69 Å². The molecule has 166 valence electrons. The highest BCUT2D eigenvalue weighted by atomic mass is 19.4. The molecule has 4 heterocycles. The third-order valence-corrected chi connectivity index (χ3v) is 6.17. The van der Waals surface area contributed by atoms with E-state index in [1.807, 2.05) is 31.2 Å². The number of fused-ring (bicyclic) bond motifs is 2. The SMILES string of the molecule is Cc1cc2nc([C@@H]3CCCN(C(=O)c4[nH]c5ccccc5c4C)C3)cc(C(F)(F)F)n2n1. The van der Waals surface area contributed by atoms with E-state index in [4.69, 9.17) is 0 Å². The first-order valence-corrected chi connectivity index (χ1v) is 10.5. The minimum absolute atomic E-state index is 0.138. The summed E-state index contributed by atoms with van der Waals surface area (Å²) in [6.45, 7) is 4.42. The molecule has 0 unspecified atom stereocenters. The summed E-state index contributed by atoms with van der Waals surface area (Å²) in [5, 5.41) is 4.93. The van der Waals surface area contributed by atoms with Gasteiger partial charge in [-0.25, -0.2) is 9.50 Å². The molecule has 1 aromatic carbocycles. The topological polar surface area (TPSA) is 66.3 Å². The van der Waals surface area contributed by atoms with Crippen LogP contribution >= 0.6 is 0 Å². The molecule has 4 aromatic rings. The smallest absolute Gasteiger partial charge is 0.350 e. The summed E-state index contributed by atoms with van der Waals surface area (Å²) in [5.74, 6) is -0.417. The minimum atomic E-state index is -4.56. The van der Waals surface area contributed by atoms with Crippen molar-refractivity contribution < 1.29 is 18.0 Å². The predicted octanol–water partition coefficient (Wildman–Crippen LogP) is 4.87. The zero-order valence-corrected chi connectivity index (χ0v) is 17.7. The van der Waals surface area contributed by atoms with Gasteiger partial charge < -0.3 is 9.88 Å². The van der Waals surface area contributed by atoms with Crippen LogP contribution in [-0.4, -0.2) is 43.5 Å². The highest BCUT2D eigenvalue weighted by molar-refractivity contribution is 6.00. The van der Waals surface area contributed by atoms with Crippen LogP contribution in [0.2, 0.25) is 0 Å². The number of carbonyl (C=O) groups is 1. The Hall–Kier alpha value is -3.36. The van der Waals surface area contributed by atoms with Crippen LogP contribution in [0.25, 0.3) is 16.6 Å². The quantitative estimate of drug-likeness (QED) is 0.483. The van der Waals surface area contributed by atoms with E-state index in [0.717, 1.165) is 27.0 Å². The highest BCUT2D eigenvalue weighted by Gasteiger charge is 2.37. The molecule has 9 heteroatoms. The van der Waals surface area contributed by atoms with Gasteiger partial charge in [-0.15, -0.1) is 0 Å². The number of carbonyl (C=O) groups excluding carboxylic acids is 1. The number of aromatic amines is 1. The lowest BCUT2D eigenvalue weighted by atomic mass is 9.93. The maximum Gasteiger partial charge on any atom is 0.433 e. The molecule has 1 saturated heterocycles. The number of nitrogens with zero attached hydrogens (tertiary/aromatic N) is 4. The summed E-state index contributed by atoms with van der Waals surface area (Å²) in [6.07, 6.45) is -3.19. The van der Waals surface area contributed by atoms with Crippen molar-refractivity contribution in [3.05, 3.63) is 64.7 Å². The second kappa shape index (κ2) is 7.36. The molecule has 1 amide bonds. The van der Waals surface area contributed by atoms with Crippen molar-refractivity contribution in [1.82, 2.24) is 24.5 Å². The van der Waals surface area contributed by atoms with Crippen molar-refractivity contribution in [3.8, 4) is 0 Å². The van der Waals surface area contributed by atoms with Gasteiger partial charge in [-0.05, 0) is 44.4 Å². The summed E-state index contributed by atoms with van der Waals surface area (Å²) in [7, 11) is 0. The number of nitrogens with one attached hydrogen (secondary N) is 1. The monoisotopic (exact) mass is 441 g/mol. The lowest BCUT2D eigenvalue weighted by Crippen LogP contribution is -2.39. The first kappa shape index (κ1) is 20.5. The molecule has 1 N–H and O–H groups in total. The van der Waals surface area contributed by atoms with Gasteiger partial charge in [0.15, 0.2) is 5.65 Å². The molecule has 1 atom stereocenters. The zero-order valence-electron chi connectivity index (χ0n) is 17.7. The van der Waals surface area contributed by atoms with Crippen LogP contribution in [0.15, 0.2) is 36.4 Å². The number of benzene rings is 1. The van der Waals surface area contributed by atoms with Crippen molar-refractivity contribution in [3.63, 3.8) is 0 Å². The summed E-state index contributed by atoms with van der Waals surface area (Å²) >= 11 is 0. The molecule has 1 fully saturated rings. The number of aryl methyl sites for hydroxylation is 2. The fraction of sp³-hybridized carbons (Fsp3) is 0.348. The van der Waals surface area contributed by atoms with Crippen LogP contribution in [0, 0.1) is 13.8 Å². The van der Waals surface area contributed by atoms with Crippen molar-refractivity contribution in [2.75, 3.05) is 13.1 Å². The number of likely N-dealkylation sites (tertiary alicyclic amines) is 1. The average Bonchev–Trinajstić information content (AvgIpc) is 3.31. The van der Waals surface area contributed by atoms with Gasteiger partial charge in [0.2, 0.25) is 0 Å². The van der Waals surface area contributed by atoms with E-state index in [9.17, 15) is 18.0 Å². The number of amides is 1. The van der Waals surface area contributed by atoms with Gasteiger partial charge in [-0.2, -0.15) is 18.3 Å². The second-order valence-electron chi connectivity index (χ2n) is 8.38. The molecular weight excluding hydrogens is 419 g/mol. The van der Waals surface area contributed by atoms with Crippen LogP contribution < -0.4 is 0 Å². The Bertz CT molecular complexity index is 1340. The van der Waals surface area contributed by atoms with E-state index in [1.54, 1.807) is 17.9 Å². The third-order valence-electron chi connectivity index (χ3n) is 6.17. The van der Waals surface area contributed by atoms with Gasteiger partial charge >= 0.3 is 6.18 Å². The first-order chi connectivity index (χ1) is 15.2.